The van der Waals surface area contributed by atoms with Crippen molar-refractivity contribution in [2.45, 2.75) is 13.0 Å². The second-order valence-electron chi connectivity index (χ2n) is 2.57. The maximum Gasteiger partial charge on any atom is 0.266 e. The smallest absolute Gasteiger partial charge is 0.266 e. The molecule has 1 aromatic heterocycles. The molecule has 0 amide bonds. The summed E-state index contributed by atoms with van der Waals surface area (Å²) in [6.45, 7) is -0.138. The molecule has 0 aliphatic carbocycles. The molecule has 0 bridgehead atoms. The summed E-state index contributed by atoms with van der Waals surface area (Å²) < 4.78 is 24.7. The van der Waals surface area contributed by atoms with E-state index in [1.807, 2.05) is 4.98 Å². The third-order valence-corrected chi connectivity index (χ3v) is 1.72. The number of hydrogen-bond acceptors (Lipinski definition) is 3. The highest BCUT2D eigenvalue weighted by molar-refractivity contribution is 5.34. The van der Waals surface area contributed by atoms with Gasteiger partial charge in [0, 0.05) is 12.1 Å². The Morgan fingerprint density at radius 3 is 2.71 bits per heavy atom. The maximum atomic E-state index is 12.3. The molecule has 14 heavy (non-hydrogen) atoms. The number of nitriles is 1. The van der Waals surface area contributed by atoms with Gasteiger partial charge in [-0.2, -0.15) is 5.26 Å². The summed E-state index contributed by atoms with van der Waals surface area (Å²) in [5, 5.41) is 8.47. The van der Waals surface area contributed by atoms with Crippen LogP contribution in [0, 0.1) is 11.3 Å². The molecule has 0 spiro atoms. The Labute approximate surface area is 78.0 Å². The fraction of sp³-hybridized carbons (Fsp3) is 0.250. The van der Waals surface area contributed by atoms with E-state index in [0.29, 0.717) is 0 Å². The molecular weight excluding hydrogens is 192 g/mol. The van der Waals surface area contributed by atoms with Crippen LogP contribution in [0.15, 0.2) is 10.9 Å². The van der Waals surface area contributed by atoms with Gasteiger partial charge in [0.1, 0.15) is 11.8 Å². The molecule has 1 aromatic rings. The van der Waals surface area contributed by atoms with Gasteiger partial charge in [-0.05, 0) is 6.07 Å². The van der Waals surface area contributed by atoms with Crippen LogP contribution in [-0.4, -0.2) is 4.98 Å². The van der Waals surface area contributed by atoms with Gasteiger partial charge in [-0.1, -0.05) is 0 Å². The van der Waals surface area contributed by atoms with Crippen LogP contribution in [0.2, 0.25) is 0 Å². The molecular formula is C8H7F2N3O. The molecule has 0 radical (unpaired) electrons. The zero-order valence-electron chi connectivity index (χ0n) is 7.05. The number of alkyl halides is 2. The van der Waals surface area contributed by atoms with E-state index in [4.69, 9.17) is 11.0 Å². The van der Waals surface area contributed by atoms with Crippen molar-refractivity contribution in [1.82, 2.24) is 4.98 Å². The van der Waals surface area contributed by atoms with Gasteiger partial charge in [-0.3, -0.25) is 4.79 Å². The average molecular weight is 199 g/mol. The number of pyridine rings is 1. The first-order valence-corrected chi connectivity index (χ1v) is 3.74. The van der Waals surface area contributed by atoms with E-state index in [0.717, 1.165) is 6.07 Å². The normalized spacial score (nSPS) is 10.2. The lowest BCUT2D eigenvalue weighted by molar-refractivity contribution is 0.150. The van der Waals surface area contributed by atoms with Crippen LogP contribution < -0.4 is 11.3 Å². The molecule has 74 valence electrons. The number of nitrogens with two attached hydrogens (primary N) is 1. The van der Waals surface area contributed by atoms with Crippen LogP contribution in [0.3, 0.4) is 0 Å². The molecule has 0 aliphatic heterocycles. The van der Waals surface area contributed by atoms with Crippen molar-refractivity contribution in [2.24, 2.45) is 5.73 Å². The number of rotatable bonds is 2. The van der Waals surface area contributed by atoms with Crippen molar-refractivity contribution in [3.63, 3.8) is 0 Å². The number of halogens is 2. The van der Waals surface area contributed by atoms with Crippen molar-refractivity contribution in [3.8, 4) is 6.07 Å². The van der Waals surface area contributed by atoms with E-state index < -0.39 is 23.2 Å². The van der Waals surface area contributed by atoms with Crippen LogP contribution >= 0.6 is 0 Å². The summed E-state index contributed by atoms with van der Waals surface area (Å²) in [5.41, 5.74) is 3.69. The SMILES string of the molecule is N#Cc1[nH]c(=O)c(CN)cc1C(F)F. The van der Waals surface area contributed by atoms with Gasteiger partial charge in [-0.25, -0.2) is 8.78 Å². The molecule has 1 rings (SSSR count). The Hall–Kier alpha value is -1.74. The number of H-pyrrole nitrogens is 1. The third kappa shape index (κ3) is 1.78. The first-order valence-electron chi connectivity index (χ1n) is 3.74. The third-order valence-electron chi connectivity index (χ3n) is 1.72. The fourth-order valence-electron chi connectivity index (χ4n) is 1.01. The van der Waals surface area contributed by atoms with E-state index in [2.05, 4.69) is 0 Å². The minimum absolute atomic E-state index is 0.0410. The predicted octanol–water partition coefficient (Wildman–Crippen LogP) is 0.643. The fourth-order valence-corrected chi connectivity index (χ4v) is 1.01. The predicted molar refractivity (Wildman–Crippen MR) is 44.6 cm³/mol. The Morgan fingerprint density at radius 2 is 2.29 bits per heavy atom. The molecule has 3 N–H and O–H groups in total. The average Bonchev–Trinajstić information content (AvgIpc) is 2.16. The number of aromatic amines is 1. The first-order chi connectivity index (χ1) is 6.60. The highest BCUT2D eigenvalue weighted by Gasteiger charge is 2.15. The highest BCUT2D eigenvalue weighted by Crippen LogP contribution is 2.20. The first kappa shape index (κ1) is 10.3. The number of aromatic nitrogens is 1. The zero-order valence-corrected chi connectivity index (χ0v) is 7.05. The lowest BCUT2D eigenvalue weighted by atomic mass is 10.1. The largest absolute Gasteiger partial charge is 0.326 e. The van der Waals surface area contributed by atoms with E-state index in [1.54, 1.807) is 0 Å². The molecule has 0 saturated heterocycles. The van der Waals surface area contributed by atoms with Crippen LogP contribution in [0.1, 0.15) is 23.2 Å². The Kier molecular flexibility index (Phi) is 2.94. The minimum Gasteiger partial charge on any atom is -0.326 e. The standard InChI is InChI=1S/C8H7F2N3O/c9-7(10)5-1-4(2-11)8(14)13-6(5)3-12/h1,7H,2,11H2,(H,13,14). The van der Waals surface area contributed by atoms with Crippen LogP contribution in [0.4, 0.5) is 8.78 Å². The van der Waals surface area contributed by atoms with Crippen molar-refractivity contribution in [3.05, 3.63) is 33.2 Å². The Morgan fingerprint density at radius 1 is 1.64 bits per heavy atom. The lowest BCUT2D eigenvalue weighted by Crippen LogP contribution is -2.18. The van der Waals surface area contributed by atoms with Crippen LogP contribution in [-0.2, 0) is 6.54 Å². The van der Waals surface area contributed by atoms with E-state index in [9.17, 15) is 13.6 Å². The second kappa shape index (κ2) is 3.98. The summed E-state index contributed by atoms with van der Waals surface area (Å²) in [6, 6.07) is 2.45. The molecule has 6 heteroatoms. The van der Waals surface area contributed by atoms with Crippen molar-refractivity contribution < 1.29 is 8.78 Å². The summed E-state index contributed by atoms with van der Waals surface area (Å²) in [6.07, 6.45) is -2.80. The van der Waals surface area contributed by atoms with Gasteiger partial charge in [0.25, 0.3) is 12.0 Å². The summed E-state index contributed by atoms with van der Waals surface area (Å²) >= 11 is 0. The summed E-state index contributed by atoms with van der Waals surface area (Å²) in [5.74, 6) is 0. The van der Waals surface area contributed by atoms with Gasteiger partial charge in [0.15, 0.2) is 0 Å². The number of nitrogens with zero attached hydrogens (tertiary/aromatic N) is 1. The van der Waals surface area contributed by atoms with Gasteiger partial charge in [0.05, 0.1) is 5.56 Å². The Bertz CT molecular complexity index is 433. The van der Waals surface area contributed by atoms with Crippen LogP contribution in [0.5, 0.6) is 0 Å². The number of hydrogen-bond donors (Lipinski definition) is 2. The lowest BCUT2D eigenvalue weighted by Gasteiger charge is -2.03. The molecule has 0 saturated carbocycles. The monoisotopic (exact) mass is 199 g/mol. The van der Waals surface area contributed by atoms with E-state index >= 15 is 0 Å². The van der Waals surface area contributed by atoms with Crippen molar-refractivity contribution in [2.75, 3.05) is 0 Å². The molecule has 0 unspecified atom stereocenters. The van der Waals surface area contributed by atoms with E-state index in [1.165, 1.54) is 6.07 Å². The maximum absolute atomic E-state index is 12.3. The summed E-state index contributed by atoms with van der Waals surface area (Å²) in [4.78, 5) is 13.1. The van der Waals surface area contributed by atoms with Gasteiger partial charge in [-0.15, -0.1) is 0 Å². The Balaban J connectivity index is 3.42. The van der Waals surface area contributed by atoms with Crippen LogP contribution in [0.25, 0.3) is 0 Å². The molecule has 0 aliphatic rings. The van der Waals surface area contributed by atoms with Gasteiger partial charge in [0.2, 0.25) is 0 Å². The minimum atomic E-state index is -2.80. The van der Waals surface area contributed by atoms with Crippen molar-refractivity contribution >= 4 is 0 Å². The second-order valence-corrected chi connectivity index (χ2v) is 2.57. The van der Waals surface area contributed by atoms with Crippen molar-refractivity contribution in [1.29, 1.82) is 5.26 Å². The highest BCUT2D eigenvalue weighted by atomic mass is 19.3. The van der Waals surface area contributed by atoms with Gasteiger partial charge < -0.3 is 10.7 Å². The molecule has 0 fully saturated rings. The molecule has 0 atom stereocenters. The molecule has 4 nitrogen and oxygen atoms in total. The quantitative estimate of drug-likeness (QED) is 0.733. The van der Waals surface area contributed by atoms with E-state index in [-0.39, 0.29) is 12.1 Å². The summed E-state index contributed by atoms with van der Waals surface area (Å²) in [7, 11) is 0. The molecule has 0 aromatic carbocycles. The zero-order chi connectivity index (χ0) is 10.7. The van der Waals surface area contributed by atoms with Gasteiger partial charge >= 0.3 is 0 Å². The number of nitrogens with one attached hydrogen (secondary N) is 1. The topological polar surface area (TPSA) is 82.7 Å². The molecule has 1 heterocycles.